The first-order valence-electron chi connectivity index (χ1n) is 8.68. The van der Waals surface area contributed by atoms with Gasteiger partial charge in [-0.05, 0) is 19.1 Å². The van der Waals surface area contributed by atoms with Gasteiger partial charge in [0.25, 0.3) is 5.91 Å². The molecule has 1 saturated heterocycles. The number of carbonyl (C=O) groups excluding carboxylic acids is 3. The second-order valence-electron chi connectivity index (χ2n) is 6.63. The summed E-state index contributed by atoms with van der Waals surface area (Å²) in [5.41, 5.74) is 0.445. The van der Waals surface area contributed by atoms with Crippen molar-refractivity contribution in [1.82, 2.24) is 9.21 Å². The van der Waals surface area contributed by atoms with Gasteiger partial charge in [0, 0.05) is 31.7 Å². The van der Waals surface area contributed by atoms with Gasteiger partial charge in [0.2, 0.25) is 10.0 Å². The minimum absolute atomic E-state index is 0.109. The lowest BCUT2D eigenvalue weighted by atomic mass is 10.2. The summed E-state index contributed by atoms with van der Waals surface area (Å²) < 4.78 is 31.6. The Hall–Kier alpha value is -2.26. The molecule has 0 atom stereocenters. The number of hydrogen-bond donors (Lipinski definition) is 0. The molecule has 1 aromatic rings. The molecule has 1 aliphatic heterocycles. The Bertz CT molecular complexity index is 809. The van der Waals surface area contributed by atoms with Crippen molar-refractivity contribution in [3.63, 3.8) is 0 Å². The van der Waals surface area contributed by atoms with Crippen LogP contribution < -0.4 is 0 Å². The molecule has 1 heterocycles. The highest BCUT2D eigenvalue weighted by molar-refractivity contribution is 7.89. The van der Waals surface area contributed by atoms with Crippen LogP contribution in [-0.2, 0) is 24.3 Å². The van der Waals surface area contributed by atoms with Crippen molar-refractivity contribution in [3.05, 3.63) is 29.8 Å². The van der Waals surface area contributed by atoms with E-state index in [1.807, 2.05) is 0 Å². The van der Waals surface area contributed by atoms with E-state index in [1.165, 1.54) is 40.4 Å². The van der Waals surface area contributed by atoms with Crippen LogP contribution >= 0.6 is 0 Å². The van der Waals surface area contributed by atoms with E-state index in [4.69, 9.17) is 4.74 Å². The zero-order valence-corrected chi connectivity index (χ0v) is 16.5. The number of ether oxygens (including phenoxy) is 1. The number of sulfonamides is 1. The molecule has 1 amide bonds. The second kappa shape index (κ2) is 8.62. The molecule has 1 fully saturated rings. The van der Waals surface area contributed by atoms with Crippen molar-refractivity contribution >= 4 is 27.7 Å². The van der Waals surface area contributed by atoms with E-state index in [2.05, 4.69) is 0 Å². The quantitative estimate of drug-likeness (QED) is 0.524. The van der Waals surface area contributed by atoms with E-state index in [1.54, 1.807) is 13.8 Å². The Morgan fingerprint density at radius 2 is 1.59 bits per heavy atom. The molecular formula is C18H24N2O6S. The van der Waals surface area contributed by atoms with Gasteiger partial charge in [-0.15, -0.1) is 0 Å². The van der Waals surface area contributed by atoms with Crippen molar-refractivity contribution in [1.29, 1.82) is 0 Å². The van der Waals surface area contributed by atoms with Gasteiger partial charge in [0.1, 0.15) is 0 Å². The van der Waals surface area contributed by atoms with Crippen LogP contribution in [0.25, 0.3) is 0 Å². The summed E-state index contributed by atoms with van der Waals surface area (Å²) in [6.07, 6.45) is 0. The number of benzene rings is 1. The van der Waals surface area contributed by atoms with E-state index < -0.39 is 16.0 Å². The van der Waals surface area contributed by atoms with Gasteiger partial charge in [-0.3, -0.25) is 14.4 Å². The summed E-state index contributed by atoms with van der Waals surface area (Å²) in [6, 6.07) is 5.79. The van der Waals surface area contributed by atoms with Crippen LogP contribution in [0.5, 0.6) is 0 Å². The van der Waals surface area contributed by atoms with Crippen molar-refractivity contribution in [2.45, 2.75) is 25.7 Å². The number of amides is 1. The van der Waals surface area contributed by atoms with Gasteiger partial charge in [-0.25, -0.2) is 8.42 Å². The van der Waals surface area contributed by atoms with Crippen molar-refractivity contribution in [2.24, 2.45) is 5.92 Å². The number of carbonyl (C=O) groups is 3. The molecule has 0 aliphatic carbocycles. The van der Waals surface area contributed by atoms with Crippen molar-refractivity contribution < 1.29 is 27.5 Å². The van der Waals surface area contributed by atoms with Crippen molar-refractivity contribution in [3.8, 4) is 0 Å². The molecule has 1 aromatic carbocycles. The molecule has 0 aromatic heterocycles. The van der Waals surface area contributed by atoms with E-state index in [9.17, 15) is 22.8 Å². The fraction of sp³-hybridized carbons (Fsp3) is 0.500. The lowest BCUT2D eigenvalue weighted by Crippen LogP contribution is -2.51. The maximum absolute atomic E-state index is 12.7. The van der Waals surface area contributed by atoms with Gasteiger partial charge < -0.3 is 9.64 Å². The first-order chi connectivity index (χ1) is 12.6. The fourth-order valence-corrected chi connectivity index (χ4v) is 4.00. The monoisotopic (exact) mass is 396 g/mol. The zero-order valence-electron chi connectivity index (χ0n) is 15.7. The molecule has 2 rings (SSSR count). The van der Waals surface area contributed by atoms with Gasteiger partial charge in [0.15, 0.2) is 12.4 Å². The van der Waals surface area contributed by atoms with Crippen LogP contribution in [0.2, 0.25) is 0 Å². The van der Waals surface area contributed by atoms with E-state index in [-0.39, 0.29) is 55.3 Å². The second-order valence-corrected chi connectivity index (χ2v) is 8.57. The van der Waals surface area contributed by atoms with Gasteiger partial charge >= 0.3 is 5.97 Å². The molecule has 9 heteroatoms. The summed E-state index contributed by atoms with van der Waals surface area (Å²) in [5.74, 6) is -1.23. The van der Waals surface area contributed by atoms with Crippen LogP contribution in [0.15, 0.2) is 29.2 Å². The highest BCUT2D eigenvalue weighted by Crippen LogP contribution is 2.18. The van der Waals surface area contributed by atoms with Gasteiger partial charge in [-0.1, -0.05) is 26.0 Å². The smallest absolute Gasteiger partial charge is 0.308 e. The van der Waals surface area contributed by atoms with E-state index in [0.717, 1.165) is 0 Å². The average molecular weight is 396 g/mol. The lowest BCUT2D eigenvalue weighted by molar-refractivity contribution is -0.155. The molecular weight excluding hydrogens is 372 g/mol. The van der Waals surface area contributed by atoms with Crippen LogP contribution in [0, 0.1) is 5.92 Å². The summed E-state index contributed by atoms with van der Waals surface area (Å²) >= 11 is 0. The number of nitrogens with zero attached hydrogens (tertiary/aromatic N) is 2. The topological polar surface area (TPSA) is 101 Å². The maximum Gasteiger partial charge on any atom is 0.308 e. The molecule has 0 bridgehead atoms. The third-order valence-electron chi connectivity index (χ3n) is 4.30. The largest absolute Gasteiger partial charge is 0.455 e. The maximum atomic E-state index is 12.7. The Morgan fingerprint density at radius 3 is 2.07 bits per heavy atom. The number of piperazine rings is 1. The van der Waals surface area contributed by atoms with Gasteiger partial charge in [0.05, 0.1) is 10.8 Å². The molecule has 0 spiro atoms. The van der Waals surface area contributed by atoms with Crippen LogP contribution in [0.1, 0.15) is 31.1 Å². The predicted octanol–water partition coefficient (Wildman–Crippen LogP) is 0.921. The minimum Gasteiger partial charge on any atom is -0.455 e. The number of esters is 1. The first kappa shape index (κ1) is 21.0. The standard InChI is InChI=1S/C18H24N2O6S/c1-13(2)18(23)26-12-17(22)19-8-10-20(11-9-19)27(24,25)16-6-4-15(5-7-16)14(3)21/h4-7,13H,8-12H2,1-3H3. The first-order valence-corrected chi connectivity index (χ1v) is 10.1. The third-order valence-corrected chi connectivity index (χ3v) is 6.21. The number of hydrogen-bond acceptors (Lipinski definition) is 6. The molecule has 0 N–H and O–H groups in total. The van der Waals surface area contributed by atoms with Gasteiger partial charge in [-0.2, -0.15) is 4.31 Å². The number of ketones is 1. The highest BCUT2D eigenvalue weighted by atomic mass is 32.2. The Balaban J connectivity index is 1.94. The van der Waals surface area contributed by atoms with E-state index in [0.29, 0.717) is 5.56 Å². The van der Waals surface area contributed by atoms with Crippen molar-refractivity contribution in [2.75, 3.05) is 32.8 Å². The summed E-state index contributed by atoms with van der Waals surface area (Å²) in [4.78, 5) is 36.4. The Morgan fingerprint density at radius 1 is 1.04 bits per heavy atom. The van der Waals surface area contributed by atoms with Crippen LogP contribution in [0.4, 0.5) is 0 Å². The van der Waals surface area contributed by atoms with Crippen LogP contribution in [-0.4, -0.2) is 68.1 Å². The number of Topliss-reactive ketones (excluding diaryl/α,β-unsaturated/α-hetero) is 1. The molecule has 1 aliphatic rings. The predicted molar refractivity (Wildman–Crippen MR) is 97.6 cm³/mol. The fourth-order valence-electron chi connectivity index (χ4n) is 2.58. The summed E-state index contributed by atoms with van der Waals surface area (Å²) in [7, 11) is -3.69. The molecule has 148 valence electrons. The molecule has 0 saturated carbocycles. The summed E-state index contributed by atoms with van der Waals surface area (Å²) in [6.45, 7) is 5.19. The molecule has 0 unspecified atom stereocenters. The third kappa shape index (κ3) is 5.14. The average Bonchev–Trinajstić information content (AvgIpc) is 2.65. The summed E-state index contributed by atoms with van der Waals surface area (Å²) in [5, 5.41) is 0. The minimum atomic E-state index is -3.69. The molecule has 8 nitrogen and oxygen atoms in total. The zero-order chi connectivity index (χ0) is 20.2. The number of rotatable bonds is 6. The SMILES string of the molecule is CC(=O)c1ccc(S(=O)(=O)N2CCN(C(=O)COC(=O)C(C)C)CC2)cc1. The Labute approximate surface area is 159 Å². The lowest BCUT2D eigenvalue weighted by Gasteiger charge is -2.33. The normalized spacial score (nSPS) is 15.6. The Kier molecular flexibility index (Phi) is 6.72. The van der Waals surface area contributed by atoms with E-state index >= 15 is 0 Å². The molecule has 0 radical (unpaired) electrons. The van der Waals surface area contributed by atoms with Crippen LogP contribution in [0.3, 0.4) is 0 Å². The molecule has 27 heavy (non-hydrogen) atoms. The highest BCUT2D eigenvalue weighted by Gasteiger charge is 2.30.